The molecule has 1 amide bonds. The van der Waals surface area contributed by atoms with Gasteiger partial charge in [-0.05, 0) is 50.6 Å². The summed E-state index contributed by atoms with van der Waals surface area (Å²) in [6, 6.07) is 7.56. The van der Waals surface area contributed by atoms with Crippen molar-refractivity contribution in [3.05, 3.63) is 41.8 Å². The van der Waals surface area contributed by atoms with Crippen molar-refractivity contribution in [3.63, 3.8) is 0 Å². The van der Waals surface area contributed by atoms with E-state index in [9.17, 15) is 14.0 Å². The van der Waals surface area contributed by atoms with Gasteiger partial charge in [-0.15, -0.1) is 0 Å². The number of nitrogens with one attached hydrogen (secondary N) is 1. The maximum Gasteiger partial charge on any atom is 0.307 e. The van der Waals surface area contributed by atoms with Crippen molar-refractivity contribution in [1.82, 2.24) is 14.7 Å². The number of nitrogens with zero attached hydrogens (tertiary/aromatic N) is 3. The van der Waals surface area contributed by atoms with Gasteiger partial charge in [0.15, 0.2) is 0 Å². The molecule has 2 heterocycles. The molecule has 1 unspecified atom stereocenters. The van der Waals surface area contributed by atoms with E-state index in [-0.39, 0.29) is 18.3 Å². The minimum absolute atomic E-state index is 0.122. The molecule has 26 heavy (non-hydrogen) atoms. The van der Waals surface area contributed by atoms with Gasteiger partial charge in [-0.1, -0.05) is 0 Å². The van der Waals surface area contributed by atoms with Gasteiger partial charge in [0, 0.05) is 12.6 Å². The normalized spacial score (nSPS) is 17.8. The SMILES string of the molecule is Cc1cc(NC(=O)CN2CCCC(C(=O)O)C2)n(-c2ccc(F)cc2)n1. The number of rotatable bonds is 5. The van der Waals surface area contributed by atoms with E-state index in [1.165, 1.54) is 12.1 Å². The van der Waals surface area contributed by atoms with Crippen molar-refractivity contribution in [3.8, 4) is 5.69 Å². The molecule has 138 valence electrons. The average Bonchev–Trinajstić information content (AvgIpc) is 2.95. The van der Waals surface area contributed by atoms with Crippen LogP contribution in [0.25, 0.3) is 5.69 Å². The number of halogens is 1. The van der Waals surface area contributed by atoms with Crippen LogP contribution in [0.15, 0.2) is 30.3 Å². The average molecular weight is 360 g/mol. The van der Waals surface area contributed by atoms with Crippen LogP contribution in [-0.4, -0.2) is 51.3 Å². The van der Waals surface area contributed by atoms with Crippen LogP contribution < -0.4 is 5.32 Å². The number of benzene rings is 1. The van der Waals surface area contributed by atoms with Crippen LogP contribution in [0.2, 0.25) is 0 Å². The summed E-state index contributed by atoms with van der Waals surface area (Å²) in [6.07, 6.45) is 1.40. The number of aromatic nitrogens is 2. The maximum absolute atomic E-state index is 13.1. The van der Waals surface area contributed by atoms with Crippen LogP contribution in [0.1, 0.15) is 18.5 Å². The summed E-state index contributed by atoms with van der Waals surface area (Å²) in [5, 5.41) is 16.3. The predicted octanol–water partition coefficient (Wildman–Crippen LogP) is 2.05. The highest BCUT2D eigenvalue weighted by Gasteiger charge is 2.26. The molecule has 0 radical (unpaired) electrons. The van der Waals surface area contributed by atoms with Crippen molar-refractivity contribution >= 4 is 17.7 Å². The Morgan fingerprint density at radius 3 is 2.77 bits per heavy atom. The van der Waals surface area contributed by atoms with Crippen LogP contribution in [-0.2, 0) is 9.59 Å². The predicted molar refractivity (Wildman–Crippen MR) is 93.7 cm³/mol. The molecule has 2 N–H and O–H groups in total. The molecule has 0 bridgehead atoms. The molecule has 7 nitrogen and oxygen atoms in total. The van der Waals surface area contributed by atoms with Crippen molar-refractivity contribution in [1.29, 1.82) is 0 Å². The number of piperidine rings is 1. The molecule has 1 fully saturated rings. The summed E-state index contributed by atoms with van der Waals surface area (Å²) in [5.74, 6) is -1.34. The standard InChI is InChI=1S/C18H21FN4O3/c1-12-9-16(23(21-12)15-6-4-14(19)5-7-15)20-17(24)11-22-8-2-3-13(10-22)18(25)26/h4-7,9,13H,2-3,8,10-11H2,1H3,(H,20,24)(H,25,26). The molecular weight excluding hydrogens is 339 g/mol. The highest BCUT2D eigenvalue weighted by molar-refractivity contribution is 5.91. The Morgan fingerprint density at radius 1 is 1.35 bits per heavy atom. The van der Waals surface area contributed by atoms with Crippen molar-refractivity contribution < 1.29 is 19.1 Å². The Bertz CT molecular complexity index is 803. The third-order valence-corrected chi connectivity index (χ3v) is 4.39. The van der Waals surface area contributed by atoms with E-state index in [2.05, 4.69) is 10.4 Å². The molecule has 2 aromatic rings. The van der Waals surface area contributed by atoms with Gasteiger partial charge in [0.2, 0.25) is 5.91 Å². The molecule has 1 aromatic heterocycles. The second-order valence-corrected chi connectivity index (χ2v) is 6.52. The first-order chi connectivity index (χ1) is 12.4. The number of aryl methyl sites for hydroxylation is 1. The number of anilines is 1. The van der Waals surface area contributed by atoms with Gasteiger partial charge in [-0.25, -0.2) is 9.07 Å². The van der Waals surface area contributed by atoms with E-state index in [0.29, 0.717) is 36.7 Å². The number of carbonyl (C=O) groups excluding carboxylic acids is 1. The second kappa shape index (κ2) is 7.65. The summed E-state index contributed by atoms with van der Waals surface area (Å²) in [6.45, 7) is 3.00. The van der Waals surface area contributed by atoms with Crippen LogP contribution >= 0.6 is 0 Å². The minimum atomic E-state index is -0.819. The van der Waals surface area contributed by atoms with Gasteiger partial charge < -0.3 is 10.4 Å². The highest BCUT2D eigenvalue weighted by Crippen LogP contribution is 2.19. The number of carbonyl (C=O) groups is 2. The van der Waals surface area contributed by atoms with Crippen LogP contribution in [0.3, 0.4) is 0 Å². The van der Waals surface area contributed by atoms with Crippen LogP contribution in [0, 0.1) is 18.7 Å². The topological polar surface area (TPSA) is 87.5 Å². The van der Waals surface area contributed by atoms with Crippen molar-refractivity contribution in [2.75, 3.05) is 25.0 Å². The monoisotopic (exact) mass is 360 g/mol. The molecule has 1 aliphatic heterocycles. The van der Waals surface area contributed by atoms with E-state index in [1.54, 1.807) is 29.8 Å². The summed E-state index contributed by atoms with van der Waals surface area (Å²) in [5.41, 5.74) is 1.35. The van der Waals surface area contributed by atoms with E-state index in [4.69, 9.17) is 5.11 Å². The molecule has 1 atom stereocenters. The zero-order valence-electron chi connectivity index (χ0n) is 14.5. The number of amides is 1. The Labute approximate surface area is 150 Å². The Balaban J connectivity index is 1.68. The van der Waals surface area contributed by atoms with E-state index in [0.717, 1.165) is 6.42 Å². The van der Waals surface area contributed by atoms with E-state index >= 15 is 0 Å². The Kier molecular flexibility index (Phi) is 5.32. The summed E-state index contributed by atoms with van der Waals surface area (Å²) in [4.78, 5) is 25.4. The van der Waals surface area contributed by atoms with Gasteiger partial charge >= 0.3 is 5.97 Å². The fraction of sp³-hybridized carbons (Fsp3) is 0.389. The number of carboxylic acid groups (broad SMARTS) is 1. The molecule has 0 saturated carbocycles. The quantitative estimate of drug-likeness (QED) is 0.852. The molecule has 1 aliphatic rings. The lowest BCUT2D eigenvalue weighted by atomic mass is 9.98. The number of hydrogen-bond donors (Lipinski definition) is 2. The third-order valence-electron chi connectivity index (χ3n) is 4.39. The van der Waals surface area contributed by atoms with Gasteiger partial charge in [-0.3, -0.25) is 14.5 Å². The summed E-state index contributed by atoms with van der Waals surface area (Å²) >= 11 is 0. The number of aliphatic carboxylic acids is 1. The Hall–Kier alpha value is -2.74. The first-order valence-electron chi connectivity index (χ1n) is 8.50. The van der Waals surface area contributed by atoms with Crippen LogP contribution in [0.4, 0.5) is 10.2 Å². The number of carboxylic acids is 1. The molecule has 8 heteroatoms. The molecule has 0 spiro atoms. The van der Waals surface area contributed by atoms with Gasteiger partial charge in [-0.2, -0.15) is 5.10 Å². The summed E-state index contributed by atoms with van der Waals surface area (Å²) in [7, 11) is 0. The number of hydrogen-bond acceptors (Lipinski definition) is 4. The smallest absolute Gasteiger partial charge is 0.307 e. The molecule has 1 saturated heterocycles. The Morgan fingerprint density at radius 2 is 2.08 bits per heavy atom. The summed E-state index contributed by atoms with van der Waals surface area (Å²) < 4.78 is 14.7. The van der Waals surface area contributed by atoms with E-state index in [1.807, 2.05) is 4.90 Å². The second-order valence-electron chi connectivity index (χ2n) is 6.52. The zero-order chi connectivity index (χ0) is 18.7. The fourth-order valence-corrected chi connectivity index (χ4v) is 3.15. The zero-order valence-corrected chi connectivity index (χ0v) is 14.5. The third kappa shape index (κ3) is 4.26. The molecule has 3 rings (SSSR count). The minimum Gasteiger partial charge on any atom is -0.481 e. The van der Waals surface area contributed by atoms with Gasteiger partial charge in [0.05, 0.1) is 23.8 Å². The van der Waals surface area contributed by atoms with Gasteiger partial charge in [0.1, 0.15) is 11.6 Å². The first-order valence-corrected chi connectivity index (χ1v) is 8.50. The van der Waals surface area contributed by atoms with Crippen LogP contribution in [0.5, 0.6) is 0 Å². The number of likely N-dealkylation sites (tertiary alicyclic amines) is 1. The lowest BCUT2D eigenvalue weighted by Gasteiger charge is -2.29. The lowest BCUT2D eigenvalue weighted by Crippen LogP contribution is -2.42. The maximum atomic E-state index is 13.1. The molecule has 1 aromatic carbocycles. The van der Waals surface area contributed by atoms with E-state index < -0.39 is 11.9 Å². The molecular formula is C18H21FN4O3. The lowest BCUT2D eigenvalue weighted by molar-refractivity contribution is -0.144. The largest absolute Gasteiger partial charge is 0.481 e. The molecule has 0 aliphatic carbocycles. The highest BCUT2D eigenvalue weighted by atomic mass is 19.1. The first kappa shape index (κ1) is 18.1. The van der Waals surface area contributed by atoms with Gasteiger partial charge in [0.25, 0.3) is 0 Å². The fourth-order valence-electron chi connectivity index (χ4n) is 3.15. The van der Waals surface area contributed by atoms with Crippen molar-refractivity contribution in [2.45, 2.75) is 19.8 Å². The van der Waals surface area contributed by atoms with Crippen molar-refractivity contribution in [2.24, 2.45) is 5.92 Å².